The minimum absolute atomic E-state index is 0.0275. The van der Waals surface area contributed by atoms with E-state index in [1.165, 1.54) is 23.1 Å². The lowest BCUT2D eigenvalue weighted by Gasteiger charge is -2.05. The summed E-state index contributed by atoms with van der Waals surface area (Å²) in [7, 11) is 0. The Bertz CT molecular complexity index is 1150. The van der Waals surface area contributed by atoms with Crippen LogP contribution < -0.4 is 4.74 Å². The highest BCUT2D eigenvalue weighted by molar-refractivity contribution is 7.99. The minimum atomic E-state index is 0.0275. The number of hydrogen-bond acceptors (Lipinski definition) is 7. The van der Waals surface area contributed by atoms with Gasteiger partial charge in [-0.1, -0.05) is 23.4 Å². The third-order valence-corrected chi connectivity index (χ3v) is 6.23. The van der Waals surface area contributed by atoms with Gasteiger partial charge < -0.3 is 4.74 Å². The van der Waals surface area contributed by atoms with Gasteiger partial charge in [0.05, 0.1) is 5.75 Å². The number of carbonyl (C=O) groups is 1. The molecule has 7 nitrogen and oxygen atoms in total. The molecule has 0 saturated heterocycles. The summed E-state index contributed by atoms with van der Waals surface area (Å²) in [5, 5.41) is 10.9. The summed E-state index contributed by atoms with van der Waals surface area (Å²) < 4.78 is 7.65. The van der Waals surface area contributed by atoms with Crippen LogP contribution >= 0.6 is 34.7 Å². The fourth-order valence-corrected chi connectivity index (χ4v) is 4.54. The number of ketones is 1. The third kappa shape index (κ3) is 4.58. The summed E-state index contributed by atoms with van der Waals surface area (Å²) in [6.07, 6.45) is 1.76. The molecule has 3 aromatic heterocycles. The molecule has 1 N–H and O–H groups in total. The van der Waals surface area contributed by atoms with Crippen LogP contribution in [0.5, 0.6) is 5.75 Å². The van der Waals surface area contributed by atoms with E-state index in [4.69, 9.17) is 16.3 Å². The summed E-state index contributed by atoms with van der Waals surface area (Å²) in [6, 6.07) is 9.00. The van der Waals surface area contributed by atoms with E-state index in [2.05, 4.69) is 20.2 Å². The molecule has 0 saturated carbocycles. The topological polar surface area (TPSA) is 85.7 Å². The molecule has 4 rings (SSSR count). The van der Waals surface area contributed by atoms with Gasteiger partial charge in [-0.25, -0.2) is 9.97 Å². The number of aromatic nitrogens is 5. The Labute approximate surface area is 186 Å². The number of ether oxygens (including phenoxy) is 1. The van der Waals surface area contributed by atoms with Gasteiger partial charge in [0.25, 0.3) is 0 Å². The highest BCUT2D eigenvalue weighted by atomic mass is 35.5. The van der Waals surface area contributed by atoms with Crippen molar-refractivity contribution in [2.45, 2.75) is 25.6 Å². The van der Waals surface area contributed by atoms with Crippen molar-refractivity contribution in [3.8, 4) is 10.9 Å². The van der Waals surface area contributed by atoms with Crippen LogP contribution in [0.4, 0.5) is 0 Å². The van der Waals surface area contributed by atoms with Gasteiger partial charge in [-0.2, -0.15) is 0 Å². The fraction of sp³-hybridized carbons (Fsp3) is 0.200. The normalized spacial score (nSPS) is 11.0. The van der Waals surface area contributed by atoms with Crippen LogP contribution in [0, 0.1) is 13.8 Å². The molecule has 4 aromatic rings. The molecule has 0 radical (unpaired) electrons. The number of thioether (sulfide) groups is 1. The standard InChI is InChI=1S/C20H18ClN5O2S2/c1-12-9-16(13(2)26(12)20-22-7-8-29-20)17(27)11-30-19-23-18(24-25-19)10-28-15-5-3-14(21)4-6-15/h3-9H,10-11H2,1-2H3,(H,23,24,25). The van der Waals surface area contributed by atoms with Crippen molar-refractivity contribution in [3.63, 3.8) is 0 Å². The lowest BCUT2D eigenvalue weighted by atomic mass is 10.2. The third-order valence-electron chi connectivity index (χ3n) is 4.37. The smallest absolute Gasteiger partial charge is 0.208 e. The number of rotatable bonds is 8. The van der Waals surface area contributed by atoms with Crippen LogP contribution in [0.1, 0.15) is 27.6 Å². The molecule has 30 heavy (non-hydrogen) atoms. The molecule has 154 valence electrons. The molecular weight excluding hydrogens is 442 g/mol. The molecule has 3 heterocycles. The van der Waals surface area contributed by atoms with Crippen LogP contribution in [-0.4, -0.2) is 36.3 Å². The number of aromatic amines is 1. The maximum Gasteiger partial charge on any atom is 0.208 e. The first-order chi connectivity index (χ1) is 14.5. The molecule has 0 atom stereocenters. The zero-order valence-electron chi connectivity index (χ0n) is 16.3. The second-order valence-electron chi connectivity index (χ2n) is 6.45. The van der Waals surface area contributed by atoms with E-state index >= 15 is 0 Å². The maximum absolute atomic E-state index is 12.8. The Balaban J connectivity index is 1.36. The number of nitrogens with one attached hydrogen (secondary N) is 1. The number of halogens is 1. The highest BCUT2D eigenvalue weighted by Gasteiger charge is 2.18. The van der Waals surface area contributed by atoms with Crippen molar-refractivity contribution in [1.29, 1.82) is 0 Å². The summed E-state index contributed by atoms with van der Waals surface area (Å²) in [5.74, 6) is 1.55. The first-order valence-electron chi connectivity index (χ1n) is 9.05. The Morgan fingerprint density at radius 3 is 2.83 bits per heavy atom. The zero-order valence-corrected chi connectivity index (χ0v) is 18.6. The van der Waals surface area contributed by atoms with Gasteiger partial charge in [0.15, 0.2) is 16.7 Å². The van der Waals surface area contributed by atoms with Gasteiger partial charge in [-0.3, -0.25) is 14.5 Å². The Kier molecular flexibility index (Phi) is 6.21. The van der Waals surface area contributed by atoms with Crippen LogP contribution in [0.3, 0.4) is 0 Å². The van der Waals surface area contributed by atoms with Gasteiger partial charge in [-0.15, -0.1) is 16.4 Å². The van der Waals surface area contributed by atoms with Gasteiger partial charge in [0, 0.05) is 33.6 Å². The minimum Gasteiger partial charge on any atom is -0.486 e. The van der Waals surface area contributed by atoms with Crippen molar-refractivity contribution in [1.82, 2.24) is 24.7 Å². The molecule has 0 bridgehead atoms. The van der Waals surface area contributed by atoms with E-state index in [0.29, 0.717) is 27.3 Å². The predicted octanol–water partition coefficient (Wildman–Crippen LogP) is 4.88. The van der Waals surface area contributed by atoms with Crippen molar-refractivity contribution in [2.75, 3.05) is 5.75 Å². The number of nitrogens with zero attached hydrogens (tertiary/aromatic N) is 4. The Morgan fingerprint density at radius 1 is 1.30 bits per heavy atom. The number of carbonyl (C=O) groups excluding carboxylic acids is 1. The second-order valence-corrected chi connectivity index (χ2v) is 8.71. The monoisotopic (exact) mass is 459 g/mol. The van der Waals surface area contributed by atoms with E-state index < -0.39 is 0 Å². The largest absolute Gasteiger partial charge is 0.486 e. The molecule has 0 aliphatic carbocycles. The van der Waals surface area contributed by atoms with E-state index in [1.54, 1.807) is 30.5 Å². The number of H-pyrrole nitrogens is 1. The molecule has 0 spiro atoms. The van der Waals surface area contributed by atoms with E-state index in [0.717, 1.165) is 16.5 Å². The molecule has 0 amide bonds. The average molecular weight is 460 g/mol. The second kappa shape index (κ2) is 9.03. The lowest BCUT2D eigenvalue weighted by Crippen LogP contribution is -2.05. The van der Waals surface area contributed by atoms with Crippen molar-refractivity contribution in [3.05, 3.63) is 69.7 Å². The van der Waals surface area contributed by atoms with Crippen LogP contribution in [0.25, 0.3) is 5.13 Å². The number of hydrogen-bond donors (Lipinski definition) is 1. The first-order valence-corrected chi connectivity index (χ1v) is 11.3. The first kappa shape index (κ1) is 20.6. The number of benzene rings is 1. The molecule has 0 aliphatic heterocycles. The van der Waals surface area contributed by atoms with Gasteiger partial charge >= 0.3 is 0 Å². The molecule has 0 aliphatic rings. The van der Waals surface area contributed by atoms with E-state index in [9.17, 15) is 4.79 Å². The van der Waals surface area contributed by atoms with E-state index in [1.807, 2.05) is 29.9 Å². The number of thiazole rings is 1. The van der Waals surface area contributed by atoms with Gasteiger partial charge in [-0.05, 0) is 44.2 Å². The summed E-state index contributed by atoms with van der Waals surface area (Å²) in [4.78, 5) is 21.5. The number of aryl methyl sites for hydroxylation is 1. The SMILES string of the molecule is Cc1cc(C(=O)CSc2n[nH]c(COc3ccc(Cl)cc3)n2)c(C)n1-c1nccs1. The molecule has 0 fully saturated rings. The van der Waals surface area contributed by atoms with E-state index in [-0.39, 0.29) is 18.1 Å². The van der Waals surface area contributed by atoms with Gasteiger partial charge in [0.2, 0.25) is 5.16 Å². The van der Waals surface area contributed by atoms with Crippen LogP contribution in [-0.2, 0) is 6.61 Å². The fourth-order valence-electron chi connectivity index (χ4n) is 2.96. The Morgan fingerprint density at radius 2 is 2.10 bits per heavy atom. The average Bonchev–Trinajstić information content (AvgIpc) is 3.47. The molecule has 0 unspecified atom stereocenters. The Hall–Kier alpha value is -2.62. The van der Waals surface area contributed by atoms with Crippen LogP contribution in [0.2, 0.25) is 5.02 Å². The predicted molar refractivity (Wildman–Crippen MR) is 118 cm³/mol. The van der Waals surface area contributed by atoms with Crippen molar-refractivity contribution < 1.29 is 9.53 Å². The zero-order chi connectivity index (χ0) is 21.1. The quantitative estimate of drug-likeness (QED) is 0.298. The summed E-state index contributed by atoms with van der Waals surface area (Å²) >= 11 is 8.69. The van der Waals surface area contributed by atoms with Crippen molar-refractivity contribution >= 4 is 40.5 Å². The van der Waals surface area contributed by atoms with Crippen LogP contribution in [0.15, 0.2) is 47.1 Å². The molecule has 1 aromatic carbocycles. The molecule has 10 heteroatoms. The highest BCUT2D eigenvalue weighted by Crippen LogP contribution is 2.24. The maximum atomic E-state index is 12.8. The summed E-state index contributed by atoms with van der Waals surface area (Å²) in [5.41, 5.74) is 2.56. The lowest BCUT2D eigenvalue weighted by molar-refractivity contribution is 0.102. The number of Topliss-reactive ketones (excluding diaryl/α,β-unsaturated/α-hetero) is 1. The molecular formula is C20H18ClN5O2S2. The summed E-state index contributed by atoms with van der Waals surface area (Å²) in [6.45, 7) is 4.16. The van der Waals surface area contributed by atoms with Crippen molar-refractivity contribution in [2.24, 2.45) is 0 Å². The van der Waals surface area contributed by atoms with Gasteiger partial charge in [0.1, 0.15) is 12.4 Å².